The Balaban J connectivity index is 2.21. The van der Waals surface area contributed by atoms with Crippen LogP contribution in [0.4, 0.5) is 0 Å². The van der Waals surface area contributed by atoms with Gasteiger partial charge in [-0.15, -0.1) is 5.10 Å². The molecule has 0 saturated carbocycles. The number of carboxylic acids is 1. The molecule has 0 aromatic carbocycles. The van der Waals surface area contributed by atoms with E-state index in [2.05, 4.69) is 20.2 Å². The molecule has 2 aromatic heterocycles. The Bertz CT molecular complexity index is 633. The van der Waals surface area contributed by atoms with Crippen LogP contribution in [-0.4, -0.2) is 35.8 Å². The minimum absolute atomic E-state index is 0.127. The largest absolute Gasteiger partial charge is 0.476 e. The molecule has 0 aliphatic rings. The van der Waals surface area contributed by atoms with Crippen molar-refractivity contribution in [2.24, 2.45) is 0 Å². The molecule has 9 heteroatoms. The summed E-state index contributed by atoms with van der Waals surface area (Å²) in [4.78, 5) is 29.8. The molecule has 0 aliphatic carbocycles. The third kappa shape index (κ3) is 2.99. The summed E-state index contributed by atoms with van der Waals surface area (Å²) >= 11 is 1.15. The summed E-state index contributed by atoms with van der Waals surface area (Å²) < 4.78 is 1.50. The van der Waals surface area contributed by atoms with Gasteiger partial charge in [-0.25, -0.2) is 24.7 Å². The summed E-state index contributed by atoms with van der Waals surface area (Å²) in [5.74, 6) is -1.13. The molecule has 2 aromatic rings. The molecule has 2 rings (SSSR count). The molecule has 0 aliphatic heterocycles. The number of carbonyl (C=O) groups is 1. The van der Waals surface area contributed by atoms with Crippen molar-refractivity contribution < 1.29 is 9.90 Å². The van der Waals surface area contributed by atoms with Crippen LogP contribution in [0.2, 0.25) is 0 Å². The van der Waals surface area contributed by atoms with Gasteiger partial charge in [-0.2, -0.15) is 0 Å². The van der Waals surface area contributed by atoms with Gasteiger partial charge in [0.1, 0.15) is 5.03 Å². The molecule has 2 N–H and O–H groups in total. The van der Waals surface area contributed by atoms with Crippen LogP contribution in [0, 0.1) is 0 Å². The second-order valence-electron chi connectivity index (χ2n) is 3.61. The quantitative estimate of drug-likeness (QED) is 0.825. The van der Waals surface area contributed by atoms with Crippen molar-refractivity contribution in [1.29, 1.82) is 0 Å². The van der Waals surface area contributed by atoms with Gasteiger partial charge in [-0.05, 0) is 18.2 Å². The van der Waals surface area contributed by atoms with E-state index >= 15 is 0 Å². The highest BCUT2D eigenvalue weighted by Gasteiger charge is 2.11. The van der Waals surface area contributed by atoms with Crippen LogP contribution < -0.4 is 5.69 Å². The lowest BCUT2D eigenvalue weighted by Gasteiger charge is -2.02. The molecule has 0 saturated heterocycles. The summed E-state index contributed by atoms with van der Waals surface area (Å²) in [6, 6.07) is 0. The summed E-state index contributed by atoms with van der Waals surface area (Å²) in [5.41, 5.74) is -0.406. The third-order valence-electron chi connectivity index (χ3n) is 2.21. The number of aromatic carboxylic acids is 1. The fourth-order valence-electron chi connectivity index (χ4n) is 1.37. The van der Waals surface area contributed by atoms with Crippen LogP contribution in [0.5, 0.6) is 0 Å². The summed E-state index contributed by atoms with van der Waals surface area (Å²) in [6.07, 6.45) is 3.31. The predicted octanol–water partition coefficient (Wildman–Crippen LogP) is 0.621. The normalized spacial score (nSPS) is 10.6. The van der Waals surface area contributed by atoms with Gasteiger partial charge in [0.05, 0.1) is 12.4 Å². The Morgan fingerprint density at radius 3 is 2.84 bits per heavy atom. The first-order valence-electron chi connectivity index (χ1n) is 5.50. The Hall–Kier alpha value is -2.16. The number of carboxylic acid groups (broad SMARTS) is 1. The maximum absolute atomic E-state index is 11.5. The molecule has 0 radical (unpaired) electrons. The van der Waals surface area contributed by atoms with Crippen molar-refractivity contribution in [2.75, 3.05) is 0 Å². The number of hydrogen-bond acceptors (Lipinski definition) is 6. The van der Waals surface area contributed by atoms with Gasteiger partial charge in [0.25, 0.3) is 0 Å². The van der Waals surface area contributed by atoms with E-state index in [1.165, 1.54) is 17.0 Å². The van der Waals surface area contributed by atoms with Crippen LogP contribution >= 0.6 is 11.8 Å². The van der Waals surface area contributed by atoms with Gasteiger partial charge >= 0.3 is 11.7 Å². The second-order valence-corrected chi connectivity index (χ2v) is 4.60. The minimum atomic E-state index is -1.13. The number of aromatic amines is 1. The van der Waals surface area contributed by atoms with Crippen molar-refractivity contribution in [3.63, 3.8) is 0 Å². The molecule has 0 bridgehead atoms. The van der Waals surface area contributed by atoms with Crippen molar-refractivity contribution in [1.82, 2.24) is 24.7 Å². The van der Waals surface area contributed by atoms with E-state index in [0.29, 0.717) is 16.7 Å². The van der Waals surface area contributed by atoms with E-state index in [1.54, 1.807) is 0 Å². The van der Waals surface area contributed by atoms with Gasteiger partial charge in [0, 0.05) is 6.54 Å². The molecule has 0 amide bonds. The average molecular weight is 281 g/mol. The molecule has 0 unspecified atom stereocenters. The standard InChI is InChI=1S/C10H11N5O3S/c1-2-3-15-9(18)13-14-10(15)19-7-5-11-6(4-12-7)8(16)17/h4-5H,2-3H2,1H3,(H,13,18)(H,16,17). The Morgan fingerprint density at radius 2 is 2.26 bits per heavy atom. The van der Waals surface area contributed by atoms with Crippen molar-refractivity contribution in [3.8, 4) is 0 Å². The number of nitrogens with one attached hydrogen (secondary N) is 1. The van der Waals surface area contributed by atoms with E-state index in [-0.39, 0.29) is 11.4 Å². The lowest BCUT2D eigenvalue weighted by molar-refractivity contribution is 0.0689. The molecule has 8 nitrogen and oxygen atoms in total. The summed E-state index contributed by atoms with van der Waals surface area (Å²) in [5, 5.41) is 15.9. The number of nitrogens with zero attached hydrogens (tertiary/aromatic N) is 4. The zero-order valence-electron chi connectivity index (χ0n) is 10.0. The first kappa shape index (κ1) is 13.3. The number of H-pyrrole nitrogens is 1. The molecular weight excluding hydrogens is 270 g/mol. The Labute approximate surface area is 111 Å². The average Bonchev–Trinajstić information content (AvgIpc) is 2.73. The van der Waals surface area contributed by atoms with E-state index in [4.69, 9.17) is 5.11 Å². The highest BCUT2D eigenvalue weighted by molar-refractivity contribution is 7.99. The monoisotopic (exact) mass is 281 g/mol. The van der Waals surface area contributed by atoms with Crippen molar-refractivity contribution in [2.45, 2.75) is 30.1 Å². The molecule has 0 fully saturated rings. The van der Waals surface area contributed by atoms with Crippen molar-refractivity contribution >= 4 is 17.7 Å². The molecule has 2 heterocycles. The highest BCUT2D eigenvalue weighted by Crippen LogP contribution is 2.22. The maximum Gasteiger partial charge on any atom is 0.356 e. The van der Waals surface area contributed by atoms with Gasteiger partial charge in [-0.3, -0.25) is 4.57 Å². The number of rotatable bonds is 5. The van der Waals surface area contributed by atoms with E-state index in [9.17, 15) is 9.59 Å². The zero-order chi connectivity index (χ0) is 13.8. The van der Waals surface area contributed by atoms with E-state index < -0.39 is 5.97 Å². The van der Waals surface area contributed by atoms with Crippen LogP contribution in [-0.2, 0) is 6.54 Å². The molecule has 19 heavy (non-hydrogen) atoms. The van der Waals surface area contributed by atoms with Crippen LogP contribution in [0.1, 0.15) is 23.8 Å². The maximum atomic E-state index is 11.5. The lowest BCUT2D eigenvalue weighted by Crippen LogP contribution is -2.17. The fourth-order valence-corrected chi connectivity index (χ4v) is 2.15. The summed E-state index contributed by atoms with van der Waals surface area (Å²) in [6.45, 7) is 2.51. The van der Waals surface area contributed by atoms with Gasteiger partial charge in [0.2, 0.25) is 0 Å². The zero-order valence-corrected chi connectivity index (χ0v) is 10.8. The van der Waals surface area contributed by atoms with E-state index in [0.717, 1.165) is 18.2 Å². The Kier molecular flexibility index (Phi) is 3.95. The highest BCUT2D eigenvalue weighted by atomic mass is 32.2. The van der Waals surface area contributed by atoms with E-state index in [1.807, 2.05) is 6.92 Å². The first-order valence-corrected chi connectivity index (χ1v) is 6.32. The fraction of sp³-hybridized carbons (Fsp3) is 0.300. The second kappa shape index (κ2) is 5.65. The number of hydrogen-bond donors (Lipinski definition) is 2. The van der Waals surface area contributed by atoms with Crippen molar-refractivity contribution in [3.05, 3.63) is 28.6 Å². The minimum Gasteiger partial charge on any atom is -0.476 e. The Morgan fingerprint density at radius 1 is 1.47 bits per heavy atom. The SMILES string of the molecule is CCCn1c(Sc2cnc(C(=O)O)cn2)n[nH]c1=O. The van der Waals surface area contributed by atoms with Crippen LogP contribution in [0.15, 0.2) is 27.4 Å². The van der Waals surface area contributed by atoms with Crippen LogP contribution in [0.25, 0.3) is 0 Å². The van der Waals surface area contributed by atoms with Crippen LogP contribution in [0.3, 0.4) is 0 Å². The summed E-state index contributed by atoms with van der Waals surface area (Å²) in [7, 11) is 0. The smallest absolute Gasteiger partial charge is 0.356 e. The molecule has 100 valence electrons. The molecular formula is C10H11N5O3S. The van der Waals surface area contributed by atoms with Gasteiger partial charge in [0.15, 0.2) is 10.9 Å². The van der Waals surface area contributed by atoms with Gasteiger partial charge in [-0.1, -0.05) is 6.92 Å². The first-order chi connectivity index (χ1) is 9.11. The topological polar surface area (TPSA) is 114 Å². The predicted molar refractivity (Wildman–Crippen MR) is 66.3 cm³/mol. The number of aromatic nitrogens is 5. The molecule has 0 atom stereocenters. The third-order valence-corrected chi connectivity index (χ3v) is 3.13. The molecule has 0 spiro atoms. The lowest BCUT2D eigenvalue weighted by atomic mass is 10.5. The van der Waals surface area contributed by atoms with Gasteiger partial charge < -0.3 is 5.11 Å².